The summed E-state index contributed by atoms with van der Waals surface area (Å²) in [5.74, 6) is -0.506. The van der Waals surface area contributed by atoms with Crippen LogP contribution >= 0.6 is 23.2 Å². The summed E-state index contributed by atoms with van der Waals surface area (Å²) >= 11 is 12.9. The number of aromatic nitrogens is 6. The molecule has 1 aliphatic rings. The van der Waals surface area contributed by atoms with Crippen molar-refractivity contribution in [3.8, 4) is 11.4 Å². The van der Waals surface area contributed by atoms with E-state index in [1.807, 2.05) is 68.4 Å². The van der Waals surface area contributed by atoms with Gasteiger partial charge in [-0.2, -0.15) is 20.1 Å². The fraction of sp³-hybridized carbons (Fsp3) is 0.333. The molecule has 3 aromatic carbocycles. The minimum Gasteiger partial charge on any atom is -0.491 e. The second-order valence-corrected chi connectivity index (χ2v) is 12.0. The number of nitrogens with zero attached hydrogens (tertiary/aromatic N) is 6. The monoisotopic (exact) mass is 678 g/mol. The van der Waals surface area contributed by atoms with Crippen molar-refractivity contribution in [2.45, 2.75) is 44.7 Å². The van der Waals surface area contributed by atoms with Gasteiger partial charge in [0.2, 0.25) is 5.79 Å². The van der Waals surface area contributed by atoms with Crippen molar-refractivity contribution < 1.29 is 14.2 Å². The van der Waals surface area contributed by atoms with Crippen LogP contribution in [0.2, 0.25) is 10.0 Å². The summed E-state index contributed by atoms with van der Waals surface area (Å²) in [6.07, 6.45) is 5.23. The van der Waals surface area contributed by atoms with E-state index in [0.717, 1.165) is 23.5 Å². The molecular formula is C33H36Cl2N8O4. The van der Waals surface area contributed by atoms with Crippen LogP contribution in [0.1, 0.15) is 31.9 Å². The first-order chi connectivity index (χ1) is 22.8. The first-order valence-electron chi connectivity index (χ1n) is 15.4. The zero-order chi connectivity index (χ0) is 32.8. The number of hydrogen-bond acceptors (Lipinski definition) is 9. The van der Waals surface area contributed by atoms with Crippen LogP contribution in [0.15, 0.2) is 90.2 Å². The third-order valence-electron chi connectivity index (χ3n) is 7.96. The van der Waals surface area contributed by atoms with E-state index in [9.17, 15) is 4.79 Å². The maximum atomic E-state index is 12.7. The van der Waals surface area contributed by atoms with Gasteiger partial charge in [-0.05, 0) is 67.9 Å². The van der Waals surface area contributed by atoms with Gasteiger partial charge in [-0.1, -0.05) is 42.3 Å². The standard InChI is InChI=1S/C33H36Cl2N8O4/c1-3-23(2)43-32(44)41(22-40-43)26-11-7-24(8-12-26)36-15-16-37-25-9-13-27(14-10-25)45-19-28-20-46-33(47-28,21-42-38-17-18-39-42)29-5-4-6-30(34)31(29)35/h4-14,17-18,22-23,28,36-37H,3,15-16,19-21H2,1-2H3/t23?,28-,33-/m1/s1. The van der Waals surface area contributed by atoms with Crippen molar-refractivity contribution in [2.75, 3.05) is 36.9 Å². The quantitative estimate of drug-likeness (QED) is 0.141. The lowest BCUT2D eigenvalue weighted by atomic mass is 10.1. The van der Waals surface area contributed by atoms with Crippen molar-refractivity contribution >= 4 is 34.6 Å². The second-order valence-electron chi connectivity index (χ2n) is 11.2. The molecule has 1 saturated heterocycles. The van der Waals surface area contributed by atoms with Crippen molar-refractivity contribution in [3.05, 3.63) is 112 Å². The number of ether oxygens (including phenoxy) is 3. The van der Waals surface area contributed by atoms with E-state index in [0.29, 0.717) is 41.1 Å². The summed E-state index contributed by atoms with van der Waals surface area (Å²) in [4.78, 5) is 14.2. The fourth-order valence-electron chi connectivity index (χ4n) is 5.25. The molecule has 3 heterocycles. The first kappa shape index (κ1) is 32.6. The second kappa shape index (κ2) is 14.6. The lowest BCUT2D eigenvalue weighted by Crippen LogP contribution is -2.35. The number of halogens is 2. The molecule has 6 rings (SSSR count). The highest BCUT2D eigenvalue weighted by Gasteiger charge is 2.46. The molecule has 12 nitrogen and oxygen atoms in total. The molecule has 3 atom stereocenters. The van der Waals surface area contributed by atoms with E-state index >= 15 is 0 Å². The average molecular weight is 680 g/mol. The van der Waals surface area contributed by atoms with E-state index in [2.05, 4.69) is 25.9 Å². The Hall–Kier alpha value is -4.36. The van der Waals surface area contributed by atoms with Gasteiger partial charge in [0.1, 0.15) is 31.3 Å². The van der Waals surface area contributed by atoms with Crippen LogP contribution in [-0.2, 0) is 21.8 Å². The minimum absolute atomic E-state index is 0.0575. The van der Waals surface area contributed by atoms with Gasteiger partial charge in [-0.15, -0.1) is 0 Å². The minimum atomic E-state index is -1.21. The van der Waals surface area contributed by atoms with Crippen LogP contribution in [0.25, 0.3) is 5.69 Å². The Morgan fingerprint density at radius 2 is 1.66 bits per heavy atom. The first-order valence-corrected chi connectivity index (χ1v) is 16.2. The van der Waals surface area contributed by atoms with Crippen molar-refractivity contribution in [3.63, 3.8) is 0 Å². The molecule has 47 heavy (non-hydrogen) atoms. The maximum absolute atomic E-state index is 12.7. The van der Waals surface area contributed by atoms with Gasteiger partial charge in [-0.3, -0.25) is 0 Å². The molecule has 0 aliphatic carbocycles. The molecule has 0 spiro atoms. The molecule has 5 aromatic rings. The van der Waals surface area contributed by atoms with Gasteiger partial charge in [0.15, 0.2) is 0 Å². The third-order valence-corrected chi connectivity index (χ3v) is 8.78. The Balaban J connectivity index is 0.969. The summed E-state index contributed by atoms with van der Waals surface area (Å²) in [5.41, 5.74) is 3.17. The molecule has 1 aliphatic heterocycles. The molecule has 0 amide bonds. The molecule has 1 fully saturated rings. The highest BCUT2D eigenvalue weighted by Crippen LogP contribution is 2.41. The van der Waals surface area contributed by atoms with E-state index in [-0.39, 0.29) is 31.0 Å². The normalized spacial score (nSPS) is 18.3. The summed E-state index contributed by atoms with van der Waals surface area (Å²) in [6.45, 7) is 6.19. The molecular weight excluding hydrogens is 643 g/mol. The van der Waals surface area contributed by atoms with Gasteiger partial charge in [-0.25, -0.2) is 14.0 Å². The van der Waals surface area contributed by atoms with E-state index in [1.54, 1.807) is 35.4 Å². The Bertz CT molecular complexity index is 1810. The summed E-state index contributed by atoms with van der Waals surface area (Å²) in [5, 5.41) is 20.2. The van der Waals surface area contributed by atoms with Crippen molar-refractivity contribution in [1.29, 1.82) is 0 Å². The largest absolute Gasteiger partial charge is 0.491 e. The van der Waals surface area contributed by atoms with Gasteiger partial charge in [0, 0.05) is 30.0 Å². The summed E-state index contributed by atoms with van der Waals surface area (Å²) in [7, 11) is 0. The number of benzene rings is 3. The zero-order valence-electron chi connectivity index (χ0n) is 26.1. The third kappa shape index (κ3) is 7.46. The predicted octanol–water partition coefficient (Wildman–Crippen LogP) is 5.77. The van der Waals surface area contributed by atoms with Crippen LogP contribution in [0, 0.1) is 0 Å². The molecule has 14 heteroatoms. The Labute approximate surface area is 282 Å². The molecule has 0 radical (unpaired) electrons. The smallest absolute Gasteiger partial charge is 0.350 e. The molecule has 0 saturated carbocycles. The average Bonchev–Trinajstić information content (AvgIpc) is 3.85. The Kier molecular flexibility index (Phi) is 10.1. The van der Waals surface area contributed by atoms with Gasteiger partial charge in [0.05, 0.1) is 40.8 Å². The number of nitrogens with one attached hydrogen (secondary N) is 2. The maximum Gasteiger partial charge on any atom is 0.350 e. The number of hydrogen-bond donors (Lipinski definition) is 2. The summed E-state index contributed by atoms with van der Waals surface area (Å²) in [6, 6.07) is 20.9. The van der Waals surface area contributed by atoms with Crippen LogP contribution in [0.5, 0.6) is 5.75 Å². The molecule has 0 bridgehead atoms. The molecule has 2 N–H and O–H groups in total. The van der Waals surface area contributed by atoms with E-state index in [1.165, 1.54) is 9.48 Å². The van der Waals surface area contributed by atoms with Gasteiger partial charge in [0.25, 0.3) is 0 Å². The molecule has 1 unspecified atom stereocenters. The van der Waals surface area contributed by atoms with Crippen LogP contribution < -0.4 is 21.1 Å². The summed E-state index contributed by atoms with van der Waals surface area (Å²) < 4.78 is 21.7. The van der Waals surface area contributed by atoms with Crippen molar-refractivity contribution in [1.82, 2.24) is 29.3 Å². The predicted molar refractivity (Wildman–Crippen MR) is 181 cm³/mol. The van der Waals surface area contributed by atoms with E-state index < -0.39 is 5.79 Å². The fourth-order valence-corrected chi connectivity index (χ4v) is 5.69. The highest BCUT2D eigenvalue weighted by atomic mass is 35.5. The lowest BCUT2D eigenvalue weighted by Gasteiger charge is -2.29. The molecule has 246 valence electrons. The molecule has 2 aromatic heterocycles. The van der Waals surface area contributed by atoms with Gasteiger partial charge < -0.3 is 24.8 Å². The number of rotatable bonds is 14. The van der Waals surface area contributed by atoms with Gasteiger partial charge >= 0.3 is 5.69 Å². The van der Waals surface area contributed by atoms with Crippen LogP contribution in [-0.4, -0.2) is 61.7 Å². The number of anilines is 2. The Morgan fingerprint density at radius 3 is 2.34 bits per heavy atom. The van der Waals surface area contributed by atoms with Crippen LogP contribution in [0.4, 0.5) is 11.4 Å². The zero-order valence-corrected chi connectivity index (χ0v) is 27.6. The van der Waals surface area contributed by atoms with Crippen LogP contribution in [0.3, 0.4) is 0 Å². The van der Waals surface area contributed by atoms with E-state index in [4.69, 9.17) is 37.4 Å². The highest BCUT2D eigenvalue weighted by molar-refractivity contribution is 6.42. The topological polar surface area (TPSA) is 122 Å². The lowest BCUT2D eigenvalue weighted by molar-refractivity contribution is -0.192. The Morgan fingerprint density at radius 1 is 0.979 bits per heavy atom. The van der Waals surface area contributed by atoms with Crippen molar-refractivity contribution in [2.24, 2.45) is 0 Å². The SMILES string of the molecule is CCC(C)n1ncn(-c2ccc(NCCNc3ccc(OC[C@@H]4CO[C@@](Cn5nccn5)(c5cccc(Cl)c5Cl)O4)cc3)cc2)c1=O.